The van der Waals surface area contributed by atoms with E-state index in [4.69, 9.17) is 0 Å². The highest BCUT2D eigenvalue weighted by molar-refractivity contribution is 7.89. The fourth-order valence-electron chi connectivity index (χ4n) is 1.69. The second-order valence-electron chi connectivity index (χ2n) is 3.77. The summed E-state index contributed by atoms with van der Waals surface area (Å²) in [5, 5.41) is 0. The summed E-state index contributed by atoms with van der Waals surface area (Å²) in [6, 6.07) is 0.224. The van der Waals surface area contributed by atoms with Crippen LogP contribution in [-0.2, 0) is 10.0 Å². The van der Waals surface area contributed by atoms with E-state index in [0.717, 1.165) is 19.3 Å². The Hall–Kier alpha value is -0.0900. The van der Waals surface area contributed by atoms with Crippen molar-refractivity contribution in [3.63, 3.8) is 0 Å². The van der Waals surface area contributed by atoms with Gasteiger partial charge in [-0.2, -0.15) is 0 Å². The van der Waals surface area contributed by atoms with Crippen LogP contribution in [0.3, 0.4) is 0 Å². The molecule has 0 unspecified atom stereocenters. The zero-order valence-corrected chi connectivity index (χ0v) is 9.07. The predicted octanol–water partition coefficient (Wildman–Crippen LogP) is 1.65. The molecule has 1 heterocycles. The molecule has 0 aromatic carbocycles. The molecule has 0 bridgehead atoms. The summed E-state index contributed by atoms with van der Waals surface area (Å²) in [5.74, 6) is 0.325. The van der Waals surface area contributed by atoms with Crippen LogP contribution in [-0.4, -0.2) is 20.2 Å². The smallest absolute Gasteiger partial charge is 0.211 e. The van der Waals surface area contributed by atoms with Crippen molar-refractivity contribution in [2.75, 3.05) is 5.75 Å². The Kier molecular flexibility index (Phi) is 4.19. The summed E-state index contributed by atoms with van der Waals surface area (Å²) in [7, 11) is -2.89. The summed E-state index contributed by atoms with van der Waals surface area (Å²) in [6.07, 6.45) is 6.69. The van der Waals surface area contributed by atoms with E-state index in [0.29, 0.717) is 5.75 Å². The predicted molar refractivity (Wildman–Crippen MR) is 54.1 cm³/mol. The molecule has 1 aliphatic rings. The first-order valence-electron chi connectivity index (χ1n) is 5.14. The third-order valence-corrected chi connectivity index (χ3v) is 3.95. The van der Waals surface area contributed by atoms with Crippen LogP contribution in [0.15, 0.2) is 0 Å². The fourth-order valence-corrected chi connectivity index (χ4v) is 3.15. The van der Waals surface area contributed by atoms with Gasteiger partial charge in [0.2, 0.25) is 10.0 Å². The van der Waals surface area contributed by atoms with Gasteiger partial charge in [-0.1, -0.05) is 32.6 Å². The summed E-state index contributed by atoms with van der Waals surface area (Å²) < 4.78 is 24.7. The molecule has 0 saturated carbocycles. The highest BCUT2D eigenvalue weighted by Gasteiger charge is 2.25. The van der Waals surface area contributed by atoms with Gasteiger partial charge in [0.25, 0.3) is 0 Å². The topological polar surface area (TPSA) is 46.2 Å². The van der Waals surface area contributed by atoms with Crippen molar-refractivity contribution in [3.05, 3.63) is 0 Å². The molecule has 0 aromatic heterocycles. The first kappa shape index (κ1) is 11.0. The molecule has 0 aromatic rings. The Labute approximate surface area is 81.0 Å². The minimum Gasteiger partial charge on any atom is -0.212 e. The van der Waals surface area contributed by atoms with Gasteiger partial charge in [0.05, 0.1) is 5.75 Å². The van der Waals surface area contributed by atoms with Crippen LogP contribution in [0, 0.1) is 0 Å². The summed E-state index contributed by atoms with van der Waals surface area (Å²) in [5.41, 5.74) is 0. The molecule has 1 atom stereocenters. The van der Waals surface area contributed by atoms with E-state index in [1.807, 2.05) is 0 Å². The lowest BCUT2D eigenvalue weighted by atomic mass is 10.1. The number of hydrogen-bond donors (Lipinski definition) is 1. The van der Waals surface area contributed by atoms with Gasteiger partial charge in [0.15, 0.2) is 0 Å². The van der Waals surface area contributed by atoms with Crippen LogP contribution in [0.5, 0.6) is 0 Å². The van der Waals surface area contributed by atoms with E-state index in [-0.39, 0.29) is 6.04 Å². The molecule has 1 fully saturated rings. The van der Waals surface area contributed by atoms with Gasteiger partial charge >= 0.3 is 0 Å². The highest BCUT2D eigenvalue weighted by atomic mass is 32.2. The molecule has 1 aliphatic heterocycles. The summed E-state index contributed by atoms with van der Waals surface area (Å²) in [4.78, 5) is 0. The Bertz CT molecular complexity index is 236. The lowest BCUT2D eigenvalue weighted by Gasteiger charge is -2.07. The molecule has 3 nitrogen and oxygen atoms in total. The molecule has 0 radical (unpaired) electrons. The molecule has 4 heteroatoms. The number of rotatable bonds is 5. The standard InChI is InChI=1S/C9H19NO2S/c1-2-3-4-5-6-9-7-8-13(11,12)10-9/h9-10H,2-8H2,1H3/t9-/m0/s1. The van der Waals surface area contributed by atoms with Crippen LogP contribution < -0.4 is 4.72 Å². The van der Waals surface area contributed by atoms with Gasteiger partial charge in [-0.3, -0.25) is 0 Å². The third kappa shape index (κ3) is 4.09. The fraction of sp³-hybridized carbons (Fsp3) is 1.00. The number of nitrogens with one attached hydrogen (secondary N) is 1. The second kappa shape index (κ2) is 4.96. The van der Waals surface area contributed by atoms with Crippen LogP contribution in [0.25, 0.3) is 0 Å². The molecule has 0 spiro atoms. The van der Waals surface area contributed by atoms with Gasteiger partial charge in [0.1, 0.15) is 0 Å². The van der Waals surface area contributed by atoms with Crippen LogP contribution in [0.2, 0.25) is 0 Å². The van der Waals surface area contributed by atoms with Crippen molar-refractivity contribution in [1.29, 1.82) is 0 Å². The Morgan fingerprint density at radius 3 is 2.62 bits per heavy atom. The largest absolute Gasteiger partial charge is 0.212 e. The molecular weight excluding hydrogens is 186 g/mol. The van der Waals surface area contributed by atoms with Crippen molar-refractivity contribution in [2.24, 2.45) is 0 Å². The Balaban J connectivity index is 2.11. The molecule has 1 N–H and O–H groups in total. The van der Waals surface area contributed by atoms with Crippen molar-refractivity contribution in [2.45, 2.75) is 51.5 Å². The SMILES string of the molecule is CCCCCC[C@H]1CCS(=O)(=O)N1. The highest BCUT2D eigenvalue weighted by Crippen LogP contribution is 2.14. The number of sulfonamides is 1. The van der Waals surface area contributed by atoms with Gasteiger partial charge in [0, 0.05) is 6.04 Å². The monoisotopic (exact) mass is 205 g/mol. The zero-order chi connectivity index (χ0) is 9.73. The normalized spacial score (nSPS) is 26.4. The molecule has 1 saturated heterocycles. The average Bonchev–Trinajstić information content (AvgIpc) is 2.40. The summed E-state index contributed by atoms with van der Waals surface area (Å²) >= 11 is 0. The Morgan fingerprint density at radius 2 is 2.08 bits per heavy atom. The maximum atomic E-state index is 11.0. The molecule has 13 heavy (non-hydrogen) atoms. The maximum absolute atomic E-state index is 11.0. The van der Waals surface area contributed by atoms with Gasteiger partial charge in [-0.05, 0) is 12.8 Å². The van der Waals surface area contributed by atoms with E-state index in [1.165, 1.54) is 19.3 Å². The summed E-state index contributed by atoms with van der Waals surface area (Å²) in [6.45, 7) is 2.18. The molecule has 1 rings (SSSR count). The van der Waals surface area contributed by atoms with Gasteiger partial charge in [-0.25, -0.2) is 13.1 Å². The van der Waals surface area contributed by atoms with Crippen LogP contribution in [0.4, 0.5) is 0 Å². The molecule has 0 aliphatic carbocycles. The van der Waals surface area contributed by atoms with Crippen molar-refractivity contribution in [1.82, 2.24) is 4.72 Å². The quantitative estimate of drug-likeness (QED) is 0.694. The van der Waals surface area contributed by atoms with E-state index < -0.39 is 10.0 Å². The van der Waals surface area contributed by atoms with E-state index >= 15 is 0 Å². The second-order valence-corrected chi connectivity index (χ2v) is 5.65. The van der Waals surface area contributed by atoms with Crippen LogP contribution >= 0.6 is 0 Å². The first-order chi connectivity index (χ1) is 6.14. The van der Waals surface area contributed by atoms with Crippen LogP contribution in [0.1, 0.15) is 45.4 Å². The lowest BCUT2D eigenvalue weighted by molar-refractivity contribution is 0.523. The molecule has 0 amide bonds. The minimum absolute atomic E-state index is 0.224. The van der Waals surface area contributed by atoms with Crippen molar-refractivity contribution in [3.8, 4) is 0 Å². The van der Waals surface area contributed by atoms with E-state index in [1.54, 1.807) is 0 Å². The lowest BCUT2D eigenvalue weighted by Crippen LogP contribution is -2.25. The Morgan fingerprint density at radius 1 is 1.31 bits per heavy atom. The zero-order valence-electron chi connectivity index (χ0n) is 8.25. The van der Waals surface area contributed by atoms with Gasteiger partial charge < -0.3 is 0 Å². The van der Waals surface area contributed by atoms with Crippen molar-refractivity contribution >= 4 is 10.0 Å². The first-order valence-corrected chi connectivity index (χ1v) is 6.79. The number of unbranched alkanes of at least 4 members (excludes halogenated alkanes) is 3. The molecule has 78 valence electrons. The average molecular weight is 205 g/mol. The third-order valence-electron chi connectivity index (χ3n) is 2.49. The van der Waals surface area contributed by atoms with Gasteiger partial charge in [-0.15, -0.1) is 0 Å². The van der Waals surface area contributed by atoms with E-state index in [2.05, 4.69) is 11.6 Å². The van der Waals surface area contributed by atoms with Crippen molar-refractivity contribution < 1.29 is 8.42 Å². The van der Waals surface area contributed by atoms with E-state index in [9.17, 15) is 8.42 Å². The minimum atomic E-state index is -2.89. The number of hydrogen-bond acceptors (Lipinski definition) is 2. The maximum Gasteiger partial charge on any atom is 0.211 e. The molecular formula is C9H19NO2S.